The van der Waals surface area contributed by atoms with Gasteiger partial charge in [-0.2, -0.15) is 6.42 Å². The van der Waals surface area contributed by atoms with Crippen LogP contribution in [0.3, 0.4) is 0 Å². The zero-order valence-corrected chi connectivity index (χ0v) is 10.2. The van der Waals surface area contributed by atoms with Gasteiger partial charge >= 0.3 is 51.4 Å². The van der Waals surface area contributed by atoms with Gasteiger partial charge in [-0.25, -0.2) is 0 Å². The smallest absolute Gasteiger partial charge is 0.497 e. The van der Waals surface area contributed by atoms with Gasteiger partial charge in [-0.15, -0.1) is 0 Å². The van der Waals surface area contributed by atoms with Gasteiger partial charge < -0.3 is 6.08 Å². The first-order chi connectivity index (χ1) is 3.89. The van der Waals surface area contributed by atoms with Gasteiger partial charge in [0, 0.05) is 0 Å². The molecule has 0 aromatic rings. The Hall–Kier alpha value is 1.38. The molecule has 1 rings (SSSR count). The molecule has 48 valence electrons. The Morgan fingerprint density at radius 2 is 1.89 bits per heavy atom. The van der Waals surface area contributed by atoms with Gasteiger partial charge in [-0.05, 0) is 0 Å². The van der Waals surface area contributed by atoms with Gasteiger partial charge in [0.2, 0.25) is 0 Å². The summed E-state index contributed by atoms with van der Waals surface area (Å²) in [6.07, 6.45) is 7.07. The van der Waals surface area contributed by atoms with Crippen molar-refractivity contribution < 1.29 is 51.4 Å². The monoisotopic (exact) mass is 150 g/mol. The second-order valence-corrected chi connectivity index (χ2v) is 1.81. The fraction of sp³-hybridized carbons (Fsp3) is 0.750. The molecular formula is C8H15K. The Morgan fingerprint density at radius 1 is 1.33 bits per heavy atom. The molecule has 9 heavy (non-hydrogen) atoms. The van der Waals surface area contributed by atoms with Gasteiger partial charge in [0.05, 0.1) is 0 Å². The molecule has 0 nitrogen and oxygen atoms in total. The molecule has 0 unspecified atom stereocenters. The third-order valence-corrected chi connectivity index (χ3v) is 1.16. The largest absolute Gasteiger partial charge is 1.00 e. The van der Waals surface area contributed by atoms with Crippen LogP contribution in [-0.2, 0) is 0 Å². The number of rotatable bonds is 0. The number of hydrogen-bond donors (Lipinski definition) is 0. The van der Waals surface area contributed by atoms with Crippen molar-refractivity contribution >= 4 is 0 Å². The predicted octanol–water partition coefficient (Wildman–Crippen LogP) is -0.0500. The predicted molar refractivity (Wildman–Crippen MR) is 37.6 cm³/mol. The van der Waals surface area contributed by atoms with E-state index in [1.807, 2.05) is 13.8 Å². The zero-order chi connectivity index (χ0) is 6.41. The van der Waals surface area contributed by atoms with Crippen LogP contribution in [-0.4, -0.2) is 0 Å². The van der Waals surface area contributed by atoms with Crippen molar-refractivity contribution in [3.63, 3.8) is 0 Å². The minimum atomic E-state index is 0. The van der Waals surface area contributed by atoms with E-state index in [4.69, 9.17) is 0 Å². The molecule has 0 saturated carbocycles. The van der Waals surface area contributed by atoms with E-state index in [9.17, 15) is 0 Å². The van der Waals surface area contributed by atoms with Crippen LogP contribution in [0, 0.1) is 6.08 Å². The van der Waals surface area contributed by atoms with Crippen LogP contribution < -0.4 is 51.4 Å². The minimum Gasteiger partial charge on any atom is -0.497 e. The third-order valence-electron chi connectivity index (χ3n) is 1.16. The van der Waals surface area contributed by atoms with E-state index in [2.05, 4.69) is 13.0 Å². The summed E-state index contributed by atoms with van der Waals surface area (Å²) >= 11 is 0. The molecule has 0 aromatic carbocycles. The normalized spacial score (nSPS) is 14.8. The van der Waals surface area contributed by atoms with E-state index in [1.54, 1.807) is 0 Å². The van der Waals surface area contributed by atoms with Gasteiger partial charge in [-0.3, -0.25) is 5.57 Å². The van der Waals surface area contributed by atoms with Crippen molar-refractivity contribution in [2.75, 3.05) is 0 Å². The van der Waals surface area contributed by atoms with Crippen LogP contribution in [0.4, 0.5) is 0 Å². The summed E-state index contributed by atoms with van der Waals surface area (Å²) in [5, 5.41) is 0. The van der Waals surface area contributed by atoms with Crippen LogP contribution in [0.25, 0.3) is 0 Å². The molecule has 0 aliphatic heterocycles. The quantitative estimate of drug-likeness (QED) is 0.335. The number of allylic oxidation sites excluding steroid dienone is 2. The Bertz CT molecular complexity index is 74.6. The molecule has 0 aromatic heterocycles. The second-order valence-electron chi connectivity index (χ2n) is 1.81. The van der Waals surface area contributed by atoms with E-state index in [1.165, 1.54) is 24.8 Å². The van der Waals surface area contributed by atoms with Gasteiger partial charge in [0.15, 0.2) is 0 Å². The van der Waals surface area contributed by atoms with Crippen LogP contribution in [0.2, 0.25) is 0 Å². The molecule has 0 N–H and O–H groups in total. The van der Waals surface area contributed by atoms with Crippen molar-refractivity contribution in [1.82, 2.24) is 0 Å². The van der Waals surface area contributed by atoms with Gasteiger partial charge in [-0.1, -0.05) is 33.6 Å². The molecule has 1 heteroatoms. The van der Waals surface area contributed by atoms with Crippen LogP contribution in [0.5, 0.6) is 0 Å². The average molecular weight is 150 g/mol. The fourth-order valence-electron chi connectivity index (χ4n) is 0.744. The van der Waals surface area contributed by atoms with Crippen molar-refractivity contribution in [1.29, 1.82) is 0 Å². The van der Waals surface area contributed by atoms with Crippen LogP contribution in [0.15, 0.2) is 5.57 Å². The topological polar surface area (TPSA) is 0 Å². The van der Waals surface area contributed by atoms with E-state index in [-0.39, 0.29) is 51.4 Å². The van der Waals surface area contributed by atoms with Crippen molar-refractivity contribution in [3.8, 4) is 0 Å². The fourth-order valence-corrected chi connectivity index (χ4v) is 0.744. The van der Waals surface area contributed by atoms with E-state index in [0.717, 1.165) is 0 Å². The van der Waals surface area contributed by atoms with Crippen molar-refractivity contribution in [2.45, 2.75) is 40.0 Å². The van der Waals surface area contributed by atoms with E-state index >= 15 is 0 Å². The number of hydrogen-bond acceptors (Lipinski definition) is 0. The molecule has 1 aliphatic rings. The molecule has 0 atom stereocenters. The van der Waals surface area contributed by atoms with Crippen molar-refractivity contribution in [2.24, 2.45) is 0 Å². The minimum absolute atomic E-state index is 0. The Balaban J connectivity index is 0. The first-order valence-corrected chi connectivity index (χ1v) is 3.46. The maximum Gasteiger partial charge on any atom is 1.00 e. The van der Waals surface area contributed by atoms with E-state index < -0.39 is 0 Å². The van der Waals surface area contributed by atoms with Crippen LogP contribution in [0.1, 0.15) is 40.0 Å². The maximum atomic E-state index is 3.24. The van der Waals surface area contributed by atoms with Gasteiger partial charge in [0.25, 0.3) is 0 Å². The van der Waals surface area contributed by atoms with E-state index in [0.29, 0.717) is 0 Å². The molecule has 0 saturated heterocycles. The second kappa shape index (κ2) is 9.38. The molecular weight excluding hydrogens is 135 g/mol. The summed E-state index contributed by atoms with van der Waals surface area (Å²) in [5.74, 6) is 0. The first kappa shape index (κ1) is 13.0. The molecule has 0 heterocycles. The Kier molecular flexibility index (Phi) is 13.5. The molecule has 0 bridgehead atoms. The molecule has 0 amide bonds. The maximum absolute atomic E-state index is 3.24. The molecule has 1 aliphatic carbocycles. The van der Waals surface area contributed by atoms with Crippen molar-refractivity contribution in [3.05, 3.63) is 11.6 Å². The Morgan fingerprint density at radius 3 is 2.00 bits per heavy atom. The molecule has 0 fully saturated rings. The standard InChI is InChI=1S/C6H9.C2H6.K/c1-6-4-2-3-5-6;1-2;/h2-4H2,1H3;1-2H3;/q-1;;+1. The summed E-state index contributed by atoms with van der Waals surface area (Å²) in [6.45, 7) is 6.15. The first-order valence-electron chi connectivity index (χ1n) is 3.46. The summed E-state index contributed by atoms with van der Waals surface area (Å²) in [5.41, 5.74) is 1.45. The summed E-state index contributed by atoms with van der Waals surface area (Å²) in [6, 6.07) is 0. The summed E-state index contributed by atoms with van der Waals surface area (Å²) in [4.78, 5) is 0. The summed E-state index contributed by atoms with van der Waals surface area (Å²) in [7, 11) is 0. The average Bonchev–Trinajstić information content (AvgIpc) is 2.24. The molecule has 0 radical (unpaired) electrons. The zero-order valence-electron chi connectivity index (χ0n) is 7.12. The SMILES string of the molecule is CC.CC1=[C-]CCC1.[K+]. The Labute approximate surface area is 102 Å². The third kappa shape index (κ3) is 7.27. The van der Waals surface area contributed by atoms with Crippen LogP contribution >= 0.6 is 0 Å². The van der Waals surface area contributed by atoms with Gasteiger partial charge in [0.1, 0.15) is 0 Å². The summed E-state index contributed by atoms with van der Waals surface area (Å²) < 4.78 is 0. The molecule has 0 spiro atoms.